The van der Waals surface area contributed by atoms with E-state index in [0.717, 1.165) is 16.6 Å². The zero-order chi connectivity index (χ0) is 11.0. The third-order valence-electron chi connectivity index (χ3n) is 2.32. The van der Waals surface area contributed by atoms with Crippen molar-refractivity contribution in [1.29, 1.82) is 0 Å². The van der Waals surface area contributed by atoms with Crippen molar-refractivity contribution >= 4 is 17.0 Å². The van der Waals surface area contributed by atoms with Crippen LogP contribution in [0.2, 0.25) is 0 Å². The molecule has 78 valence electrons. The Hall–Kier alpha value is -1.91. The number of fused-ring (bicyclic) bond motifs is 1. The monoisotopic (exact) mass is 205 g/mol. The highest BCUT2D eigenvalue weighted by atomic mass is 16.5. The van der Waals surface area contributed by atoms with Crippen molar-refractivity contribution in [3.63, 3.8) is 0 Å². The summed E-state index contributed by atoms with van der Waals surface area (Å²) in [6, 6.07) is 0. The van der Waals surface area contributed by atoms with Crippen molar-refractivity contribution in [1.82, 2.24) is 14.5 Å². The standard InChI is InChI=1S/C10H11N3O2/c1-6-4-13(2)9-7(6)8(10(14)15-3)11-5-12-9/h4-5H,1-3H3. The first-order valence-electron chi connectivity index (χ1n) is 4.50. The molecular weight excluding hydrogens is 194 g/mol. The van der Waals surface area contributed by atoms with Gasteiger partial charge in [-0.25, -0.2) is 14.8 Å². The molecule has 0 saturated heterocycles. The Balaban J connectivity index is 2.80. The van der Waals surface area contributed by atoms with Crippen LogP contribution in [0.25, 0.3) is 11.0 Å². The van der Waals surface area contributed by atoms with E-state index in [2.05, 4.69) is 14.7 Å². The van der Waals surface area contributed by atoms with Gasteiger partial charge in [0.05, 0.1) is 12.5 Å². The van der Waals surface area contributed by atoms with E-state index in [0.29, 0.717) is 5.69 Å². The number of rotatable bonds is 1. The topological polar surface area (TPSA) is 57.0 Å². The van der Waals surface area contributed by atoms with Crippen LogP contribution in [0.1, 0.15) is 16.1 Å². The maximum Gasteiger partial charge on any atom is 0.357 e. The number of aryl methyl sites for hydroxylation is 2. The second-order valence-corrected chi connectivity index (χ2v) is 3.34. The SMILES string of the molecule is COC(=O)c1ncnc2c1c(C)cn2C. The molecule has 2 aromatic heterocycles. The first-order chi connectivity index (χ1) is 7.15. The Labute approximate surface area is 86.7 Å². The lowest BCUT2D eigenvalue weighted by atomic mass is 10.2. The zero-order valence-electron chi connectivity index (χ0n) is 8.81. The van der Waals surface area contributed by atoms with Gasteiger partial charge in [0.15, 0.2) is 5.69 Å². The summed E-state index contributed by atoms with van der Waals surface area (Å²) in [5.74, 6) is -0.434. The minimum absolute atomic E-state index is 0.320. The third-order valence-corrected chi connectivity index (χ3v) is 2.32. The van der Waals surface area contributed by atoms with Crippen molar-refractivity contribution in [2.45, 2.75) is 6.92 Å². The quantitative estimate of drug-likeness (QED) is 0.653. The van der Waals surface area contributed by atoms with Gasteiger partial charge in [-0.05, 0) is 12.5 Å². The highest BCUT2D eigenvalue weighted by Gasteiger charge is 2.16. The summed E-state index contributed by atoms with van der Waals surface area (Å²) >= 11 is 0. The summed E-state index contributed by atoms with van der Waals surface area (Å²) in [6.45, 7) is 1.91. The molecule has 0 atom stereocenters. The number of ether oxygens (including phenoxy) is 1. The molecule has 5 nitrogen and oxygen atoms in total. The van der Waals surface area contributed by atoms with Gasteiger partial charge in [-0.1, -0.05) is 0 Å². The van der Waals surface area contributed by atoms with Crippen LogP contribution < -0.4 is 0 Å². The molecule has 0 amide bonds. The highest BCUT2D eigenvalue weighted by Crippen LogP contribution is 2.20. The fourth-order valence-electron chi connectivity index (χ4n) is 1.67. The van der Waals surface area contributed by atoms with Gasteiger partial charge in [0, 0.05) is 13.2 Å². The molecule has 15 heavy (non-hydrogen) atoms. The van der Waals surface area contributed by atoms with E-state index in [-0.39, 0.29) is 0 Å². The number of methoxy groups -OCH3 is 1. The number of nitrogens with zero attached hydrogens (tertiary/aromatic N) is 3. The molecule has 2 heterocycles. The maximum absolute atomic E-state index is 11.5. The number of esters is 1. The van der Waals surface area contributed by atoms with Gasteiger partial charge >= 0.3 is 5.97 Å². The molecule has 0 radical (unpaired) electrons. The second-order valence-electron chi connectivity index (χ2n) is 3.34. The van der Waals surface area contributed by atoms with E-state index in [1.807, 2.05) is 24.7 Å². The molecule has 0 aliphatic rings. The van der Waals surface area contributed by atoms with Gasteiger partial charge in [0.1, 0.15) is 12.0 Å². The lowest BCUT2D eigenvalue weighted by Crippen LogP contribution is -2.06. The van der Waals surface area contributed by atoms with Gasteiger partial charge < -0.3 is 9.30 Å². The molecule has 0 spiro atoms. The number of hydrogen-bond donors (Lipinski definition) is 0. The predicted molar refractivity (Wildman–Crippen MR) is 54.6 cm³/mol. The Morgan fingerprint density at radius 3 is 2.87 bits per heavy atom. The lowest BCUT2D eigenvalue weighted by molar-refractivity contribution is 0.0596. The highest BCUT2D eigenvalue weighted by molar-refractivity contribution is 6.02. The Kier molecular flexibility index (Phi) is 2.15. The Morgan fingerprint density at radius 1 is 1.47 bits per heavy atom. The summed E-state index contributed by atoms with van der Waals surface area (Å²) in [6.07, 6.45) is 3.28. The first-order valence-corrected chi connectivity index (χ1v) is 4.50. The van der Waals surface area contributed by atoms with Gasteiger partial charge in [-0.15, -0.1) is 0 Å². The van der Waals surface area contributed by atoms with Crippen LogP contribution in [0.4, 0.5) is 0 Å². The summed E-state index contributed by atoms with van der Waals surface area (Å²) in [4.78, 5) is 19.5. The zero-order valence-corrected chi connectivity index (χ0v) is 8.81. The molecule has 0 bridgehead atoms. The molecule has 5 heteroatoms. The van der Waals surface area contributed by atoms with E-state index < -0.39 is 5.97 Å². The lowest BCUT2D eigenvalue weighted by Gasteiger charge is -2.00. The third kappa shape index (κ3) is 1.36. The van der Waals surface area contributed by atoms with Crippen LogP contribution in [-0.2, 0) is 11.8 Å². The average molecular weight is 205 g/mol. The largest absolute Gasteiger partial charge is 0.464 e. The van der Waals surface area contributed by atoms with Crippen molar-refractivity contribution in [2.24, 2.45) is 7.05 Å². The van der Waals surface area contributed by atoms with Gasteiger partial charge in [-0.2, -0.15) is 0 Å². The molecule has 0 fully saturated rings. The molecule has 0 unspecified atom stereocenters. The van der Waals surface area contributed by atoms with Crippen LogP contribution >= 0.6 is 0 Å². The minimum atomic E-state index is -0.434. The maximum atomic E-state index is 11.5. The van der Waals surface area contributed by atoms with Crippen molar-refractivity contribution < 1.29 is 9.53 Å². The Bertz CT molecular complexity index is 531. The fraction of sp³-hybridized carbons (Fsp3) is 0.300. The van der Waals surface area contributed by atoms with E-state index in [4.69, 9.17) is 0 Å². The Morgan fingerprint density at radius 2 is 2.20 bits per heavy atom. The van der Waals surface area contributed by atoms with Crippen LogP contribution in [0.15, 0.2) is 12.5 Å². The van der Waals surface area contributed by atoms with Crippen LogP contribution in [0.3, 0.4) is 0 Å². The van der Waals surface area contributed by atoms with Crippen LogP contribution in [-0.4, -0.2) is 27.6 Å². The normalized spacial score (nSPS) is 10.6. The smallest absolute Gasteiger partial charge is 0.357 e. The number of aromatic nitrogens is 3. The summed E-state index contributed by atoms with van der Waals surface area (Å²) in [7, 11) is 3.22. The number of hydrogen-bond acceptors (Lipinski definition) is 4. The first kappa shape index (κ1) is 9.64. The summed E-state index contributed by atoms with van der Waals surface area (Å²) in [5, 5.41) is 0.756. The van der Waals surface area contributed by atoms with E-state index in [1.165, 1.54) is 13.4 Å². The van der Waals surface area contributed by atoms with E-state index in [9.17, 15) is 4.79 Å². The van der Waals surface area contributed by atoms with Crippen molar-refractivity contribution in [2.75, 3.05) is 7.11 Å². The minimum Gasteiger partial charge on any atom is -0.464 e. The van der Waals surface area contributed by atoms with Crippen molar-refractivity contribution in [3.05, 3.63) is 23.8 Å². The summed E-state index contributed by atoms with van der Waals surface area (Å²) < 4.78 is 6.53. The molecule has 2 aromatic rings. The van der Waals surface area contributed by atoms with E-state index in [1.54, 1.807) is 0 Å². The number of carbonyl (C=O) groups excluding carboxylic acids is 1. The van der Waals surface area contributed by atoms with Gasteiger partial charge in [0.25, 0.3) is 0 Å². The molecule has 0 N–H and O–H groups in total. The molecule has 0 aromatic carbocycles. The predicted octanol–water partition coefficient (Wildman–Crippen LogP) is 1.06. The van der Waals surface area contributed by atoms with Crippen LogP contribution in [0.5, 0.6) is 0 Å². The molecular formula is C10H11N3O2. The van der Waals surface area contributed by atoms with Crippen LogP contribution in [0, 0.1) is 6.92 Å². The fourth-order valence-corrected chi connectivity index (χ4v) is 1.67. The van der Waals surface area contributed by atoms with Gasteiger partial charge in [-0.3, -0.25) is 0 Å². The molecule has 2 rings (SSSR count). The molecule has 0 aliphatic heterocycles. The summed E-state index contributed by atoms with van der Waals surface area (Å²) in [5.41, 5.74) is 2.03. The molecule has 0 saturated carbocycles. The van der Waals surface area contributed by atoms with Gasteiger partial charge in [0.2, 0.25) is 0 Å². The van der Waals surface area contributed by atoms with Crippen molar-refractivity contribution in [3.8, 4) is 0 Å². The average Bonchev–Trinajstić information content (AvgIpc) is 2.54. The second kappa shape index (κ2) is 3.34. The van der Waals surface area contributed by atoms with E-state index >= 15 is 0 Å². The molecule has 0 aliphatic carbocycles. The number of carbonyl (C=O) groups is 1.